The van der Waals surface area contributed by atoms with E-state index < -0.39 is 0 Å². The molecule has 3 heteroatoms. The molecule has 1 aromatic heterocycles. The van der Waals surface area contributed by atoms with Gasteiger partial charge >= 0.3 is 0 Å². The van der Waals surface area contributed by atoms with Crippen LogP contribution in [0, 0.1) is 5.92 Å². The molecule has 3 nitrogen and oxygen atoms in total. The van der Waals surface area contributed by atoms with E-state index in [-0.39, 0.29) is 0 Å². The van der Waals surface area contributed by atoms with Gasteiger partial charge in [0, 0.05) is 12.7 Å². The SMILES string of the molecule is CC(C)Cc1cnn(CCCN(C)C)c1. The number of aromatic nitrogens is 2. The Hall–Kier alpha value is -0.830. The molecule has 0 bridgehead atoms. The molecule has 1 heterocycles. The first-order chi connectivity index (χ1) is 7.08. The summed E-state index contributed by atoms with van der Waals surface area (Å²) in [7, 11) is 4.21. The van der Waals surface area contributed by atoms with Crippen LogP contribution in [-0.4, -0.2) is 35.3 Å². The Morgan fingerprint density at radius 3 is 2.73 bits per heavy atom. The van der Waals surface area contributed by atoms with Gasteiger partial charge in [0.25, 0.3) is 0 Å². The quantitative estimate of drug-likeness (QED) is 0.715. The topological polar surface area (TPSA) is 21.1 Å². The Labute approximate surface area is 93.1 Å². The first-order valence-corrected chi connectivity index (χ1v) is 5.74. The van der Waals surface area contributed by atoms with Crippen LogP contribution in [0.3, 0.4) is 0 Å². The summed E-state index contributed by atoms with van der Waals surface area (Å²) < 4.78 is 2.06. The minimum atomic E-state index is 0.712. The second-order valence-electron chi connectivity index (χ2n) is 4.87. The van der Waals surface area contributed by atoms with Crippen molar-refractivity contribution in [1.29, 1.82) is 0 Å². The zero-order valence-electron chi connectivity index (χ0n) is 10.4. The summed E-state index contributed by atoms with van der Waals surface area (Å²) in [5.74, 6) is 0.712. The van der Waals surface area contributed by atoms with Crippen molar-refractivity contribution in [2.45, 2.75) is 33.2 Å². The molecular weight excluding hydrogens is 186 g/mol. The Morgan fingerprint density at radius 1 is 1.40 bits per heavy atom. The van der Waals surface area contributed by atoms with Gasteiger partial charge in [0.1, 0.15) is 0 Å². The smallest absolute Gasteiger partial charge is 0.0521 e. The van der Waals surface area contributed by atoms with E-state index >= 15 is 0 Å². The number of aryl methyl sites for hydroxylation is 1. The lowest BCUT2D eigenvalue weighted by Crippen LogP contribution is -2.15. The average Bonchev–Trinajstić information content (AvgIpc) is 2.50. The zero-order valence-corrected chi connectivity index (χ0v) is 10.4. The van der Waals surface area contributed by atoms with E-state index in [0.717, 1.165) is 25.9 Å². The molecule has 0 aliphatic heterocycles. The molecular formula is C12H23N3. The van der Waals surface area contributed by atoms with E-state index in [1.54, 1.807) is 0 Å². The molecule has 0 fully saturated rings. The van der Waals surface area contributed by atoms with Crippen molar-refractivity contribution >= 4 is 0 Å². The fraction of sp³-hybridized carbons (Fsp3) is 0.750. The first kappa shape index (κ1) is 12.2. The Bertz CT molecular complexity index is 276. The summed E-state index contributed by atoms with van der Waals surface area (Å²) in [6, 6.07) is 0. The van der Waals surface area contributed by atoms with Gasteiger partial charge in [0.15, 0.2) is 0 Å². The van der Waals surface area contributed by atoms with Crippen LogP contribution >= 0.6 is 0 Å². The molecule has 0 N–H and O–H groups in total. The Morgan fingerprint density at radius 2 is 2.13 bits per heavy atom. The van der Waals surface area contributed by atoms with Gasteiger partial charge in [0.05, 0.1) is 6.20 Å². The molecule has 0 amide bonds. The third-order valence-electron chi connectivity index (χ3n) is 2.32. The van der Waals surface area contributed by atoms with Crippen LogP contribution in [0.1, 0.15) is 25.8 Å². The summed E-state index contributed by atoms with van der Waals surface area (Å²) in [5, 5.41) is 4.36. The highest BCUT2D eigenvalue weighted by atomic mass is 15.3. The minimum Gasteiger partial charge on any atom is -0.309 e. The van der Waals surface area contributed by atoms with E-state index in [1.165, 1.54) is 5.56 Å². The average molecular weight is 209 g/mol. The predicted molar refractivity (Wildman–Crippen MR) is 63.9 cm³/mol. The summed E-state index contributed by atoms with van der Waals surface area (Å²) in [6.45, 7) is 6.63. The normalized spacial score (nSPS) is 11.6. The van der Waals surface area contributed by atoms with Crippen molar-refractivity contribution in [2.24, 2.45) is 5.92 Å². The van der Waals surface area contributed by atoms with Gasteiger partial charge in [-0.05, 0) is 45.0 Å². The molecule has 0 unspecified atom stereocenters. The molecule has 0 aliphatic carbocycles. The minimum absolute atomic E-state index is 0.712. The highest BCUT2D eigenvalue weighted by Gasteiger charge is 2.01. The molecule has 86 valence electrons. The van der Waals surface area contributed by atoms with Crippen LogP contribution in [0.25, 0.3) is 0 Å². The Kier molecular flexibility index (Phi) is 4.82. The van der Waals surface area contributed by atoms with Crippen LogP contribution in [-0.2, 0) is 13.0 Å². The van der Waals surface area contributed by atoms with Crippen LogP contribution in [0.5, 0.6) is 0 Å². The maximum absolute atomic E-state index is 4.36. The molecule has 0 radical (unpaired) electrons. The number of rotatable bonds is 6. The van der Waals surface area contributed by atoms with E-state index in [1.807, 2.05) is 6.20 Å². The summed E-state index contributed by atoms with van der Waals surface area (Å²) >= 11 is 0. The van der Waals surface area contributed by atoms with Crippen LogP contribution < -0.4 is 0 Å². The van der Waals surface area contributed by atoms with Crippen LogP contribution in [0.2, 0.25) is 0 Å². The molecule has 15 heavy (non-hydrogen) atoms. The van der Waals surface area contributed by atoms with Crippen molar-refractivity contribution in [2.75, 3.05) is 20.6 Å². The maximum atomic E-state index is 4.36. The molecule has 0 aromatic carbocycles. The molecule has 1 aromatic rings. The lowest BCUT2D eigenvalue weighted by atomic mass is 10.1. The Balaban J connectivity index is 2.33. The fourth-order valence-corrected chi connectivity index (χ4v) is 1.65. The first-order valence-electron chi connectivity index (χ1n) is 5.74. The number of nitrogens with zero attached hydrogens (tertiary/aromatic N) is 3. The zero-order chi connectivity index (χ0) is 11.3. The van der Waals surface area contributed by atoms with Crippen molar-refractivity contribution in [3.63, 3.8) is 0 Å². The number of hydrogen-bond donors (Lipinski definition) is 0. The van der Waals surface area contributed by atoms with Crippen molar-refractivity contribution < 1.29 is 0 Å². The second-order valence-corrected chi connectivity index (χ2v) is 4.87. The summed E-state index contributed by atoms with van der Waals surface area (Å²) in [6.07, 6.45) is 6.47. The van der Waals surface area contributed by atoms with E-state index in [4.69, 9.17) is 0 Å². The van der Waals surface area contributed by atoms with Gasteiger partial charge in [-0.15, -0.1) is 0 Å². The molecule has 1 rings (SSSR count). The monoisotopic (exact) mass is 209 g/mol. The molecule has 0 saturated heterocycles. The molecule has 0 saturated carbocycles. The van der Waals surface area contributed by atoms with E-state index in [9.17, 15) is 0 Å². The summed E-state index contributed by atoms with van der Waals surface area (Å²) in [4.78, 5) is 2.21. The third-order valence-corrected chi connectivity index (χ3v) is 2.32. The standard InChI is InChI=1S/C12H23N3/c1-11(2)8-12-9-13-15(10-12)7-5-6-14(3)4/h9-11H,5-8H2,1-4H3. The third kappa shape index (κ3) is 4.98. The predicted octanol–water partition coefficient (Wildman–Crippen LogP) is 2.03. The van der Waals surface area contributed by atoms with Gasteiger partial charge in [0.2, 0.25) is 0 Å². The van der Waals surface area contributed by atoms with Gasteiger partial charge < -0.3 is 4.90 Å². The fourth-order valence-electron chi connectivity index (χ4n) is 1.65. The van der Waals surface area contributed by atoms with Gasteiger partial charge in [-0.1, -0.05) is 13.8 Å². The lowest BCUT2D eigenvalue weighted by molar-refractivity contribution is 0.380. The van der Waals surface area contributed by atoms with Crippen molar-refractivity contribution in [1.82, 2.24) is 14.7 Å². The maximum Gasteiger partial charge on any atom is 0.0521 e. The van der Waals surface area contributed by atoms with Crippen molar-refractivity contribution in [3.8, 4) is 0 Å². The molecule has 0 spiro atoms. The van der Waals surface area contributed by atoms with E-state index in [2.05, 4.69) is 48.8 Å². The van der Waals surface area contributed by atoms with Gasteiger partial charge in [-0.25, -0.2) is 0 Å². The highest BCUT2D eigenvalue weighted by molar-refractivity contribution is 5.04. The number of hydrogen-bond acceptors (Lipinski definition) is 2. The van der Waals surface area contributed by atoms with Crippen molar-refractivity contribution in [3.05, 3.63) is 18.0 Å². The van der Waals surface area contributed by atoms with E-state index in [0.29, 0.717) is 5.92 Å². The summed E-state index contributed by atoms with van der Waals surface area (Å²) in [5.41, 5.74) is 1.36. The highest BCUT2D eigenvalue weighted by Crippen LogP contribution is 2.06. The van der Waals surface area contributed by atoms with Gasteiger partial charge in [-0.2, -0.15) is 5.10 Å². The largest absolute Gasteiger partial charge is 0.309 e. The second kappa shape index (κ2) is 5.91. The van der Waals surface area contributed by atoms with Gasteiger partial charge in [-0.3, -0.25) is 4.68 Å². The molecule has 0 aliphatic rings. The lowest BCUT2D eigenvalue weighted by Gasteiger charge is -2.08. The van der Waals surface area contributed by atoms with Crippen LogP contribution in [0.15, 0.2) is 12.4 Å². The molecule has 0 atom stereocenters. The van der Waals surface area contributed by atoms with Crippen LogP contribution in [0.4, 0.5) is 0 Å².